The number of carboxylic acids is 1. The molecule has 1 amide bonds. The molecule has 1 heterocycles. The molecule has 5 rings (SSSR count). The maximum Gasteiger partial charge on any atom is 0.408 e. The van der Waals surface area contributed by atoms with Crippen LogP contribution in [-0.4, -0.2) is 39.1 Å². The number of nitrogens with zero attached hydrogens (tertiary/aromatic N) is 2. The van der Waals surface area contributed by atoms with E-state index < -0.39 is 17.6 Å². The van der Waals surface area contributed by atoms with Crippen LogP contribution in [0.4, 0.5) is 4.79 Å². The van der Waals surface area contributed by atoms with Crippen LogP contribution in [0.5, 0.6) is 0 Å². The number of aryl methyl sites for hydroxylation is 1. The Bertz CT molecular complexity index is 1140. The van der Waals surface area contributed by atoms with Crippen LogP contribution < -0.4 is 5.32 Å². The van der Waals surface area contributed by atoms with Gasteiger partial charge in [-0.3, -0.25) is 4.68 Å². The maximum absolute atomic E-state index is 12.8. The molecule has 1 atom stereocenters. The highest BCUT2D eigenvalue weighted by Gasteiger charge is 2.53. The molecular formula is C25H25N3O4. The smallest absolute Gasteiger partial charge is 0.408 e. The van der Waals surface area contributed by atoms with E-state index in [1.165, 1.54) is 0 Å². The minimum atomic E-state index is -1.44. The summed E-state index contributed by atoms with van der Waals surface area (Å²) in [5.74, 6) is -1.30. The van der Waals surface area contributed by atoms with Crippen molar-refractivity contribution in [3.63, 3.8) is 0 Å². The van der Waals surface area contributed by atoms with Gasteiger partial charge in [-0.05, 0) is 53.5 Å². The van der Waals surface area contributed by atoms with E-state index in [9.17, 15) is 14.7 Å². The molecule has 0 aliphatic heterocycles. The Morgan fingerprint density at radius 2 is 1.75 bits per heavy atom. The average molecular weight is 431 g/mol. The first-order valence-corrected chi connectivity index (χ1v) is 10.8. The number of nitrogens with one attached hydrogen (secondary N) is 1. The Labute approximate surface area is 186 Å². The zero-order valence-corrected chi connectivity index (χ0v) is 17.8. The van der Waals surface area contributed by atoms with Gasteiger partial charge in [0.2, 0.25) is 0 Å². The minimum absolute atomic E-state index is 0.0606. The second-order valence-electron chi connectivity index (χ2n) is 8.72. The SMILES string of the molecule is Cc1cnn(CC(NC(=O)OCC2c3ccccc3-c3ccccc32)(C(=O)O)C2CC2)c1. The molecule has 0 radical (unpaired) electrons. The van der Waals surface area contributed by atoms with Crippen LogP contribution in [-0.2, 0) is 16.1 Å². The molecule has 1 unspecified atom stereocenters. The molecule has 2 N–H and O–H groups in total. The number of aromatic nitrogens is 2. The van der Waals surface area contributed by atoms with Crippen LogP contribution in [0, 0.1) is 12.8 Å². The van der Waals surface area contributed by atoms with E-state index in [0.717, 1.165) is 40.7 Å². The number of carbonyl (C=O) groups is 2. The molecule has 3 aromatic rings. The molecule has 1 fully saturated rings. The fraction of sp³-hybridized carbons (Fsp3) is 0.320. The maximum atomic E-state index is 12.8. The van der Waals surface area contributed by atoms with Crippen LogP contribution in [0.25, 0.3) is 11.1 Å². The zero-order chi connectivity index (χ0) is 22.3. The largest absolute Gasteiger partial charge is 0.479 e. The van der Waals surface area contributed by atoms with Crippen molar-refractivity contribution in [3.8, 4) is 11.1 Å². The predicted octanol–water partition coefficient (Wildman–Crippen LogP) is 3.96. The molecule has 2 aliphatic rings. The average Bonchev–Trinajstić information content (AvgIpc) is 3.49. The summed E-state index contributed by atoms with van der Waals surface area (Å²) in [6.45, 7) is 2.09. The zero-order valence-electron chi connectivity index (χ0n) is 17.8. The van der Waals surface area contributed by atoms with Gasteiger partial charge in [-0.1, -0.05) is 48.5 Å². The molecular weight excluding hydrogens is 406 g/mol. The number of hydrogen-bond acceptors (Lipinski definition) is 4. The standard InChI is InChI=1S/C25H25N3O4/c1-16-12-26-28(13-16)15-25(23(29)30,17-10-11-17)27-24(31)32-14-22-20-8-4-2-6-18(20)19-7-3-5-9-21(19)22/h2-9,12-13,17,22H,10-11,14-15H2,1H3,(H,27,31)(H,29,30). The number of hydrogen-bond donors (Lipinski definition) is 2. The van der Waals surface area contributed by atoms with Gasteiger partial charge in [-0.15, -0.1) is 0 Å². The lowest BCUT2D eigenvalue weighted by molar-refractivity contribution is -0.146. The van der Waals surface area contributed by atoms with Crippen LogP contribution in [0.1, 0.15) is 35.4 Å². The number of carboxylic acid groups (broad SMARTS) is 1. The molecule has 2 aromatic carbocycles. The van der Waals surface area contributed by atoms with Gasteiger partial charge in [0.05, 0.1) is 12.7 Å². The Hall–Kier alpha value is -3.61. The first kappa shape index (κ1) is 20.3. The number of benzene rings is 2. The van der Waals surface area contributed by atoms with Crippen LogP contribution in [0.2, 0.25) is 0 Å². The van der Waals surface area contributed by atoms with Gasteiger partial charge in [-0.2, -0.15) is 5.10 Å². The number of carbonyl (C=O) groups excluding carboxylic acids is 1. The fourth-order valence-corrected chi connectivity index (χ4v) is 4.77. The van der Waals surface area contributed by atoms with Crippen molar-refractivity contribution in [2.75, 3.05) is 6.61 Å². The summed E-state index contributed by atoms with van der Waals surface area (Å²) < 4.78 is 7.20. The summed E-state index contributed by atoms with van der Waals surface area (Å²) >= 11 is 0. The Balaban J connectivity index is 1.34. The van der Waals surface area contributed by atoms with E-state index in [4.69, 9.17) is 4.74 Å². The van der Waals surface area contributed by atoms with Gasteiger partial charge >= 0.3 is 12.1 Å². The molecule has 1 saturated carbocycles. The monoisotopic (exact) mass is 431 g/mol. The Morgan fingerprint density at radius 1 is 1.12 bits per heavy atom. The van der Waals surface area contributed by atoms with E-state index in [1.54, 1.807) is 17.1 Å². The van der Waals surface area contributed by atoms with Gasteiger partial charge in [0.1, 0.15) is 6.61 Å². The Kier molecular flexibility index (Phi) is 4.96. The van der Waals surface area contributed by atoms with Gasteiger partial charge in [0, 0.05) is 12.1 Å². The Morgan fingerprint density at radius 3 is 2.28 bits per heavy atom. The van der Waals surface area contributed by atoms with Crippen molar-refractivity contribution in [2.45, 2.75) is 37.8 Å². The number of amides is 1. The number of rotatable bonds is 7. The fourth-order valence-electron chi connectivity index (χ4n) is 4.77. The molecule has 7 heteroatoms. The highest BCUT2D eigenvalue weighted by Crippen LogP contribution is 2.45. The van der Waals surface area contributed by atoms with Crippen molar-refractivity contribution in [2.24, 2.45) is 5.92 Å². The summed E-state index contributed by atoms with van der Waals surface area (Å²) in [7, 11) is 0. The van der Waals surface area contributed by atoms with Gasteiger partial charge in [-0.25, -0.2) is 9.59 Å². The first-order chi connectivity index (χ1) is 15.5. The van der Waals surface area contributed by atoms with Gasteiger partial charge in [0.15, 0.2) is 5.54 Å². The lowest BCUT2D eigenvalue weighted by atomic mass is 9.93. The summed E-state index contributed by atoms with van der Waals surface area (Å²) in [5, 5.41) is 17.0. The minimum Gasteiger partial charge on any atom is -0.479 e. The van der Waals surface area contributed by atoms with Crippen molar-refractivity contribution in [1.29, 1.82) is 0 Å². The first-order valence-electron chi connectivity index (χ1n) is 10.8. The quantitative estimate of drug-likeness (QED) is 0.591. The highest BCUT2D eigenvalue weighted by molar-refractivity contribution is 5.85. The van der Waals surface area contributed by atoms with Crippen LogP contribution in [0.15, 0.2) is 60.9 Å². The number of fused-ring (bicyclic) bond motifs is 3. The van der Waals surface area contributed by atoms with Gasteiger partial charge < -0.3 is 15.2 Å². The van der Waals surface area contributed by atoms with Crippen molar-refractivity contribution in [3.05, 3.63) is 77.6 Å². The second-order valence-corrected chi connectivity index (χ2v) is 8.72. The topological polar surface area (TPSA) is 93.5 Å². The number of alkyl carbamates (subject to hydrolysis) is 1. The summed E-state index contributed by atoms with van der Waals surface area (Å²) in [4.78, 5) is 25.2. The summed E-state index contributed by atoms with van der Waals surface area (Å²) in [6.07, 6.45) is 4.23. The van der Waals surface area contributed by atoms with E-state index in [1.807, 2.05) is 43.3 Å². The number of ether oxygens (including phenoxy) is 1. The molecule has 2 aliphatic carbocycles. The molecule has 0 spiro atoms. The summed E-state index contributed by atoms with van der Waals surface area (Å²) in [5.41, 5.74) is 4.00. The molecule has 32 heavy (non-hydrogen) atoms. The third-order valence-corrected chi connectivity index (χ3v) is 6.50. The lowest BCUT2D eigenvalue weighted by Crippen LogP contribution is -2.59. The van der Waals surface area contributed by atoms with E-state index in [-0.39, 0.29) is 25.0 Å². The van der Waals surface area contributed by atoms with Crippen molar-refractivity contribution < 1.29 is 19.4 Å². The third-order valence-electron chi connectivity index (χ3n) is 6.50. The third kappa shape index (κ3) is 3.53. The van der Waals surface area contributed by atoms with E-state index in [0.29, 0.717) is 0 Å². The molecule has 7 nitrogen and oxygen atoms in total. The number of aliphatic carboxylic acids is 1. The normalized spacial score (nSPS) is 16.7. The molecule has 0 bridgehead atoms. The van der Waals surface area contributed by atoms with Crippen molar-refractivity contribution >= 4 is 12.1 Å². The van der Waals surface area contributed by atoms with Crippen LogP contribution in [0.3, 0.4) is 0 Å². The molecule has 0 saturated heterocycles. The molecule has 1 aromatic heterocycles. The van der Waals surface area contributed by atoms with Crippen molar-refractivity contribution in [1.82, 2.24) is 15.1 Å². The summed E-state index contributed by atoms with van der Waals surface area (Å²) in [6, 6.07) is 16.2. The molecule has 164 valence electrons. The predicted molar refractivity (Wildman–Crippen MR) is 118 cm³/mol. The lowest BCUT2D eigenvalue weighted by Gasteiger charge is -2.30. The van der Waals surface area contributed by atoms with E-state index in [2.05, 4.69) is 22.5 Å². The second kappa shape index (κ2) is 7.82. The highest BCUT2D eigenvalue weighted by atomic mass is 16.5. The van der Waals surface area contributed by atoms with Crippen LogP contribution >= 0.6 is 0 Å². The van der Waals surface area contributed by atoms with Gasteiger partial charge in [0.25, 0.3) is 0 Å². The van der Waals surface area contributed by atoms with E-state index >= 15 is 0 Å².